The molecule has 0 spiro atoms. The van der Waals surface area contributed by atoms with Crippen LogP contribution in [0.4, 0.5) is 5.69 Å². The number of hydrogen-bond acceptors (Lipinski definition) is 3. The fraction of sp³-hybridized carbons (Fsp3) is 0.692. The second-order valence-electron chi connectivity index (χ2n) is 9.92. The van der Waals surface area contributed by atoms with Crippen LogP contribution in [-0.2, 0) is 4.79 Å². The largest absolute Gasteiger partial charge is 0.477 e. The van der Waals surface area contributed by atoms with Crippen molar-refractivity contribution in [2.45, 2.75) is 103 Å². The first kappa shape index (κ1) is 22.6. The molecule has 31 heavy (non-hydrogen) atoms. The maximum atomic E-state index is 13.8. The van der Waals surface area contributed by atoms with Gasteiger partial charge in [-0.3, -0.25) is 4.79 Å². The first-order valence-corrected chi connectivity index (χ1v) is 13.3. The van der Waals surface area contributed by atoms with Crippen molar-refractivity contribution in [1.82, 2.24) is 0 Å². The third-order valence-electron chi connectivity index (χ3n) is 7.57. The molecule has 3 aliphatic rings. The zero-order valence-electron chi connectivity index (χ0n) is 18.9. The van der Waals surface area contributed by atoms with Gasteiger partial charge in [0.25, 0.3) is 0 Å². The summed E-state index contributed by atoms with van der Waals surface area (Å²) in [4.78, 5) is 29.5. The Bertz CT molecular complexity index is 813. The lowest BCUT2D eigenvalue weighted by Gasteiger charge is -2.38. The number of nitrogens with zero attached hydrogens (tertiary/aromatic N) is 1. The molecular formula is C26H37NO3S. The smallest absolute Gasteiger partial charge is 0.348 e. The van der Waals surface area contributed by atoms with Gasteiger partial charge in [-0.15, -0.1) is 11.3 Å². The Morgan fingerprint density at radius 3 is 2.39 bits per heavy atom. The lowest BCUT2D eigenvalue weighted by Crippen LogP contribution is -2.46. The Hall–Kier alpha value is -1.62. The summed E-state index contributed by atoms with van der Waals surface area (Å²) in [5.74, 6) is 0.0174. The number of rotatable bonds is 5. The molecule has 0 bridgehead atoms. The van der Waals surface area contributed by atoms with Gasteiger partial charge in [-0.2, -0.15) is 0 Å². The molecule has 4 nitrogen and oxygen atoms in total. The number of carboxylic acids is 1. The van der Waals surface area contributed by atoms with E-state index >= 15 is 0 Å². The molecule has 5 heteroatoms. The Kier molecular flexibility index (Phi) is 7.52. The molecule has 2 saturated carbocycles. The lowest BCUT2D eigenvalue weighted by molar-refractivity contribution is -0.124. The van der Waals surface area contributed by atoms with Gasteiger partial charge in [0.05, 0.1) is 5.69 Å². The molecule has 1 heterocycles. The summed E-state index contributed by atoms with van der Waals surface area (Å²) in [7, 11) is 0. The van der Waals surface area contributed by atoms with Crippen molar-refractivity contribution in [3.05, 3.63) is 21.9 Å². The summed E-state index contributed by atoms with van der Waals surface area (Å²) >= 11 is 1.38. The summed E-state index contributed by atoms with van der Waals surface area (Å²) in [6.45, 7) is 2.27. The zero-order valence-corrected chi connectivity index (χ0v) is 19.7. The number of thiophene rings is 1. The van der Waals surface area contributed by atoms with Crippen LogP contribution in [0.5, 0.6) is 0 Å². The normalized spacial score (nSPS) is 25.5. The highest BCUT2D eigenvalue weighted by molar-refractivity contribution is 7.15. The van der Waals surface area contributed by atoms with E-state index in [0.29, 0.717) is 16.5 Å². The van der Waals surface area contributed by atoms with Crippen LogP contribution in [0, 0.1) is 11.8 Å². The standard InChI is InChI=1S/C26H37NO3S/c1-18-13-15-20(16-14-18)25(28)27(21-11-7-4-8-12-21)22-17-23(31-24(22)26(29)30)19-9-5-2-3-6-10-19/h9,17-18,20-21H,2-8,10-16H2,1H3,(H,29,30). The van der Waals surface area contributed by atoms with Gasteiger partial charge >= 0.3 is 5.97 Å². The van der Waals surface area contributed by atoms with Crippen molar-refractivity contribution in [1.29, 1.82) is 0 Å². The first-order chi connectivity index (χ1) is 15.0. The van der Waals surface area contributed by atoms with Crippen molar-refractivity contribution in [2.24, 2.45) is 11.8 Å². The van der Waals surface area contributed by atoms with Crippen molar-refractivity contribution in [2.75, 3.05) is 4.90 Å². The van der Waals surface area contributed by atoms with Gasteiger partial charge in [-0.1, -0.05) is 38.7 Å². The van der Waals surface area contributed by atoms with E-state index in [-0.39, 0.29) is 17.9 Å². The van der Waals surface area contributed by atoms with E-state index in [9.17, 15) is 14.7 Å². The van der Waals surface area contributed by atoms with Crippen molar-refractivity contribution < 1.29 is 14.7 Å². The van der Waals surface area contributed by atoms with Gasteiger partial charge in [-0.25, -0.2) is 4.79 Å². The van der Waals surface area contributed by atoms with E-state index in [4.69, 9.17) is 0 Å². The molecular weight excluding hydrogens is 406 g/mol. The Morgan fingerprint density at radius 1 is 0.968 bits per heavy atom. The zero-order chi connectivity index (χ0) is 21.8. The lowest BCUT2D eigenvalue weighted by atomic mass is 9.81. The number of carbonyl (C=O) groups excluding carboxylic acids is 1. The average molecular weight is 444 g/mol. The highest BCUT2D eigenvalue weighted by Gasteiger charge is 2.36. The second kappa shape index (κ2) is 10.3. The van der Waals surface area contributed by atoms with Gasteiger partial charge in [0.2, 0.25) is 5.91 Å². The number of carboxylic acid groups (broad SMARTS) is 1. The van der Waals surface area contributed by atoms with Crippen LogP contribution < -0.4 is 4.90 Å². The summed E-state index contributed by atoms with van der Waals surface area (Å²) in [6, 6.07) is 2.19. The molecule has 2 fully saturated rings. The fourth-order valence-electron chi connectivity index (χ4n) is 5.65. The van der Waals surface area contributed by atoms with Gasteiger partial charge in [0.15, 0.2) is 0 Å². The van der Waals surface area contributed by atoms with Gasteiger partial charge in [-0.05, 0) is 81.8 Å². The number of aromatic carboxylic acids is 1. The number of carbonyl (C=O) groups is 2. The summed E-state index contributed by atoms with van der Waals surface area (Å²) in [5, 5.41) is 10.1. The maximum Gasteiger partial charge on any atom is 0.348 e. The van der Waals surface area contributed by atoms with Crippen LogP contribution in [0.25, 0.3) is 5.57 Å². The fourth-order valence-corrected chi connectivity index (χ4v) is 6.70. The monoisotopic (exact) mass is 443 g/mol. The number of anilines is 1. The summed E-state index contributed by atoms with van der Waals surface area (Å²) in [5.41, 5.74) is 1.95. The number of amides is 1. The van der Waals surface area contributed by atoms with E-state index in [1.807, 2.05) is 11.0 Å². The molecule has 1 aromatic heterocycles. The molecule has 1 amide bonds. The molecule has 0 saturated heterocycles. The molecule has 0 unspecified atom stereocenters. The van der Waals surface area contributed by atoms with E-state index in [0.717, 1.165) is 75.5 Å². The third kappa shape index (κ3) is 5.24. The van der Waals surface area contributed by atoms with Gasteiger partial charge in [0, 0.05) is 16.8 Å². The molecule has 0 atom stereocenters. The van der Waals surface area contributed by atoms with Crippen LogP contribution in [0.1, 0.15) is 111 Å². The predicted molar refractivity (Wildman–Crippen MR) is 128 cm³/mol. The van der Waals surface area contributed by atoms with E-state index < -0.39 is 5.97 Å². The highest BCUT2D eigenvalue weighted by atomic mass is 32.1. The van der Waals surface area contributed by atoms with Crippen molar-refractivity contribution >= 4 is 34.5 Å². The Balaban J connectivity index is 1.70. The van der Waals surface area contributed by atoms with E-state index in [1.165, 1.54) is 36.2 Å². The maximum absolute atomic E-state index is 13.8. The van der Waals surface area contributed by atoms with Crippen LogP contribution in [0.3, 0.4) is 0 Å². The van der Waals surface area contributed by atoms with Crippen LogP contribution >= 0.6 is 11.3 Å². The minimum Gasteiger partial charge on any atom is -0.477 e. The molecule has 0 aromatic carbocycles. The third-order valence-corrected chi connectivity index (χ3v) is 8.75. The molecule has 1 N–H and O–H groups in total. The first-order valence-electron chi connectivity index (χ1n) is 12.4. The molecule has 4 rings (SSSR count). The van der Waals surface area contributed by atoms with E-state index in [1.54, 1.807) is 0 Å². The molecule has 1 aromatic rings. The molecule has 3 aliphatic carbocycles. The number of hydrogen-bond donors (Lipinski definition) is 1. The van der Waals surface area contributed by atoms with Crippen LogP contribution in [-0.4, -0.2) is 23.0 Å². The van der Waals surface area contributed by atoms with Crippen molar-refractivity contribution in [3.63, 3.8) is 0 Å². The number of allylic oxidation sites excluding steroid dienone is 2. The predicted octanol–water partition coefficient (Wildman–Crippen LogP) is 7.29. The minimum absolute atomic E-state index is 0.0419. The van der Waals surface area contributed by atoms with Gasteiger partial charge in [0.1, 0.15) is 4.88 Å². The van der Waals surface area contributed by atoms with E-state index in [2.05, 4.69) is 13.0 Å². The molecule has 0 radical (unpaired) electrons. The molecule has 170 valence electrons. The van der Waals surface area contributed by atoms with Crippen molar-refractivity contribution in [3.8, 4) is 0 Å². The SMILES string of the molecule is CC1CCC(C(=O)N(c2cc(C3=CCCCCC3)sc2C(=O)O)C2CCCCC2)CC1. The quantitative estimate of drug-likeness (QED) is 0.520. The average Bonchev–Trinajstić information content (AvgIpc) is 3.02. The second-order valence-corrected chi connectivity index (χ2v) is 11.0. The van der Waals surface area contributed by atoms with Gasteiger partial charge < -0.3 is 10.0 Å². The highest BCUT2D eigenvalue weighted by Crippen LogP contribution is 2.41. The minimum atomic E-state index is -0.897. The van der Waals surface area contributed by atoms with Crippen LogP contribution in [0.15, 0.2) is 12.1 Å². The van der Waals surface area contributed by atoms with Crippen LogP contribution in [0.2, 0.25) is 0 Å². The Morgan fingerprint density at radius 2 is 1.68 bits per heavy atom. The summed E-state index contributed by atoms with van der Waals surface area (Å²) in [6.07, 6.45) is 17.5. The topological polar surface area (TPSA) is 57.6 Å². The molecule has 0 aliphatic heterocycles. The Labute approximate surface area is 190 Å². The summed E-state index contributed by atoms with van der Waals surface area (Å²) < 4.78 is 0.